The second kappa shape index (κ2) is 5.60. The van der Waals surface area contributed by atoms with E-state index in [4.69, 9.17) is 10.9 Å². The number of hydrogen-bond donors (Lipinski definition) is 4. The van der Waals surface area contributed by atoms with Crippen LogP contribution in [-0.4, -0.2) is 27.6 Å². The molecule has 0 aliphatic rings. The molecule has 0 saturated heterocycles. The van der Waals surface area contributed by atoms with Crippen LogP contribution < -0.4 is 11.1 Å². The van der Waals surface area contributed by atoms with Crippen molar-refractivity contribution in [3.63, 3.8) is 0 Å². The Bertz CT molecular complexity index is 514. The van der Waals surface area contributed by atoms with Crippen LogP contribution in [0.2, 0.25) is 0 Å². The second-order valence-corrected chi connectivity index (χ2v) is 4.63. The van der Waals surface area contributed by atoms with Crippen molar-refractivity contribution in [2.45, 2.75) is 32.7 Å². The van der Waals surface area contributed by atoms with Crippen molar-refractivity contribution >= 4 is 11.7 Å². The van der Waals surface area contributed by atoms with Crippen LogP contribution in [0.15, 0.2) is 23.4 Å². The third-order valence-electron chi connectivity index (χ3n) is 3.24. The van der Waals surface area contributed by atoms with E-state index in [1.807, 2.05) is 6.92 Å². The van der Waals surface area contributed by atoms with E-state index >= 15 is 0 Å². The van der Waals surface area contributed by atoms with E-state index in [1.165, 1.54) is 6.07 Å². The van der Waals surface area contributed by atoms with Gasteiger partial charge in [0.05, 0.1) is 5.54 Å². The van der Waals surface area contributed by atoms with Crippen molar-refractivity contribution in [2.75, 3.05) is 0 Å². The molecule has 104 valence electrons. The largest absolute Gasteiger partial charge is 0.508 e. The zero-order valence-corrected chi connectivity index (χ0v) is 11.3. The number of aromatic hydroxyl groups is 1. The quantitative estimate of drug-likeness (QED) is 0.285. The van der Waals surface area contributed by atoms with Gasteiger partial charge in [-0.15, -0.1) is 0 Å². The van der Waals surface area contributed by atoms with Crippen LogP contribution in [0.4, 0.5) is 0 Å². The van der Waals surface area contributed by atoms with Gasteiger partial charge in [-0.25, -0.2) is 0 Å². The van der Waals surface area contributed by atoms with Gasteiger partial charge in [0.25, 0.3) is 5.91 Å². The molecule has 0 aliphatic heterocycles. The van der Waals surface area contributed by atoms with Gasteiger partial charge in [-0.2, -0.15) is 0 Å². The van der Waals surface area contributed by atoms with Crippen LogP contribution in [0.25, 0.3) is 0 Å². The highest BCUT2D eigenvalue weighted by atomic mass is 16.4. The Balaban J connectivity index is 2.98. The van der Waals surface area contributed by atoms with Gasteiger partial charge < -0.3 is 21.4 Å². The van der Waals surface area contributed by atoms with Gasteiger partial charge in [0, 0.05) is 5.56 Å². The maximum atomic E-state index is 12.1. The Hall–Kier alpha value is -2.24. The standard InChI is InChI=1S/C13H19N3O3/c1-4-13(3,12(14)16-19)15-11(18)9-6-5-8(2)10(17)7-9/h5-7,17,19H,4H2,1-3H3,(H2,14,16)(H,15,18). The zero-order chi connectivity index (χ0) is 14.6. The smallest absolute Gasteiger partial charge is 0.252 e. The minimum atomic E-state index is -0.938. The van der Waals surface area contributed by atoms with Gasteiger partial charge in [-0.1, -0.05) is 18.1 Å². The molecule has 0 fully saturated rings. The van der Waals surface area contributed by atoms with Crippen molar-refractivity contribution < 1.29 is 15.1 Å². The number of benzene rings is 1. The van der Waals surface area contributed by atoms with Crippen LogP contribution in [-0.2, 0) is 0 Å². The molecular formula is C13H19N3O3. The molecule has 0 heterocycles. The van der Waals surface area contributed by atoms with Crippen LogP contribution in [0.3, 0.4) is 0 Å². The van der Waals surface area contributed by atoms with Crippen LogP contribution in [0, 0.1) is 6.92 Å². The molecule has 6 nitrogen and oxygen atoms in total. The first kappa shape index (κ1) is 14.8. The van der Waals surface area contributed by atoms with Crippen molar-refractivity contribution in [3.05, 3.63) is 29.3 Å². The molecule has 1 aromatic rings. The number of nitrogens with one attached hydrogen (secondary N) is 1. The molecule has 5 N–H and O–H groups in total. The lowest BCUT2D eigenvalue weighted by Crippen LogP contribution is -2.55. The van der Waals surface area contributed by atoms with Crippen LogP contribution in [0.5, 0.6) is 5.75 Å². The number of aryl methyl sites for hydroxylation is 1. The Labute approximate surface area is 111 Å². The second-order valence-electron chi connectivity index (χ2n) is 4.63. The van der Waals surface area contributed by atoms with Crippen LogP contribution in [0.1, 0.15) is 36.2 Å². The maximum absolute atomic E-state index is 12.1. The average molecular weight is 265 g/mol. The number of nitrogens with zero attached hydrogens (tertiary/aromatic N) is 1. The summed E-state index contributed by atoms with van der Waals surface area (Å²) in [7, 11) is 0. The van der Waals surface area contributed by atoms with E-state index in [9.17, 15) is 9.90 Å². The summed E-state index contributed by atoms with van der Waals surface area (Å²) < 4.78 is 0. The molecule has 0 bridgehead atoms. The first-order chi connectivity index (χ1) is 8.84. The third-order valence-corrected chi connectivity index (χ3v) is 3.24. The zero-order valence-electron chi connectivity index (χ0n) is 11.3. The first-order valence-corrected chi connectivity index (χ1v) is 5.94. The number of amides is 1. The predicted octanol–water partition coefficient (Wildman–Crippen LogP) is 1.35. The minimum absolute atomic E-state index is 0.0506. The summed E-state index contributed by atoms with van der Waals surface area (Å²) in [6.45, 7) is 5.21. The molecule has 6 heteroatoms. The van der Waals surface area contributed by atoms with Gasteiger partial charge in [-0.3, -0.25) is 4.79 Å². The summed E-state index contributed by atoms with van der Waals surface area (Å²) in [5.74, 6) is -0.416. The number of oxime groups is 1. The number of phenolic OH excluding ortho intramolecular Hbond substituents is 1. The van der Waals surface area contributed by atoms with Gasteiger partial charge in [0.15, 0.2) is 5.84 Å². The molecule has 0 aliphatic carbocycles. The summed E-state index contributed by atoms with van der Waals surface area (Å²) in [6, 6.07) is 4.64. The van der Waals surface area contributed by atoms with E-state index in [0.717, 1.165) is 0 Å². The van der Waals surface area contributed by atoms with Gasteiger partial charge in [0.2, 0.25) is 0 Å². The van der Waals surface area contributed by atoms with Crippen molar-refractivity contribution in [3.8, 4) is 5.75 Å². The summed E-state index contributed by atoms with van der Waals surface area (Å²) in [5.41, 5.74) is 5.64. The van der Waals surface area contributed by atoms with E-state index in [0.29, 0.717) is 17.5 Å². The van der Waals surface area contributed by atoms with Crippen molar-refractivity contribution in [1.29, 1.82) is 0 Å². The predicted molar refractivity (Wildman–Crippen MR) is 72.4 cm³/mol. The molecule has 0 aromatic heterocycles. The van der Waals surface area contributed by atoms with Crippen molar-refractivity contribution in [2.24, 2.45) is 10.9 Å². The Morgan fingerprint density at radius 3 is 2.63 bits per heavy atom. The molecule has 1 aromatic carbocycles. The molecule has 1 unspecified atom stereocenters. The molecule has 0 radical (unpaired) electrons. The van der Waals surface area contributed by atoms with Gasteiger partial charge >= 0.3 is 0 Å². The fourth-order valence-corrected chi connectivity index (χ4v) is 1.52. The lowest BCUT2D eigenvalue weighted by atomic mass is 9.96. The Morgan fingerprint density at radius 2 is 2.16 bits per heavy atom. The molecule has 19 heavy (non-hydrogen) atoms. The number of phenols is 1. The van der Waals surface area contributed by atoms with Crippen LogP contribution >= 0.6 is 0 Å². The van der Waals surface area contributed by atoms with Gasteiger partial charge in [0.1, 0.15) is 5.75 Å². The SMILES string of the molecule is CCC(C)(NC(=O)c1ccc(C)c(O)c1)/C(N)=N/O. The van der Waals surface area contributed by atoms with E-state index in [2.05, 4.69) is 10.5 Å². The highest BCUT2D eigenvalue weighted by Gasteiger charge is 2.30. The molecule has 1 amide bonds. The Kier molecular flexibility index (Phi) is 4.37. The molecule has 0 saturated carbocycles. The minimum Gasteiger partial charge on any atom is -0.508 e. The van der Waals surface area contributed by atoms with E-state index in [1.54, 1.807) is 26.0 Å². The number of carbonyl (C=O) groups excluding carboxylic acids is 1. The first-order valence-electron chi connectivity index (χ1n) is 5.94. The Morgan fingerprint density at radius 1 is 1.53 bits per heavy atom. The lowest BCUT2D eigenvalue weighted by Gasteiger charge is -2.28. The number of amidine groups is 1. The summed E-state index contributed by atoms with van der Waals surface area (Å²) in [5, 5.41) is 24.0. The lowest BCUT2D eigenvalue weighted by molar-refractivity contribution is 0.0924. The fraction of sp³-hybridized carbons (Fsp3) is 0.385. The van der Waals surface area contributed by atoms with E-state index in [-0.39, 0.29) is 11.6 Å². The molecule has 0 spiro atoms. The van der Waals surface area contributed by atoms with Gasteiger partial charge in [-0.05, 0) is 38.0 Å². The van der Waals surface area contributed by atoms with Crippen molar-refractivity contribution in [1.82, 2.24) is 5.32 Å². The topological polar surface area (TPSA) is 108 Å². The summed E-state index contributed by atoms with van der Waals surface area (Å²) >= 11 is 0. The number of carbonyl (C=O) groups is 1. The molecule has 1 atom stereocenters. The monoisotopic (exact) mass is 265 g/mol. The highest BCUT2D eigenvalue weighted by molar-refractivity contribution is 6.00. The maximum Gasteiger partial charge on any atom is 0.252 e. The average Bonchev–Trinajstić information content (AvgIpc) is 2.40. The number of rotatable bonds is 4. The number of nitrogens with two attached hydrogens (primary N) is 1. The normalized spacial score (nSPS) is 14.8. The summed E-state index contributed by atoms with van der Waals surface area (Å²) in [6.07, 6.45) is 0.465. The highest BCUT2D eigenvalue weighted by Crippen LogP contribution is 2.18. The summed E-state index contributed by atoms with van der Waals surface area (Å²) in [4.78, 5) is 12.1. The molecular weight excluding hydrogens is 246 g/mol. The third kappa shape index (κ3) is 3.15. The van der Waals surface area contributed by atoms with E-state index < -0.39 is 11.4 Å². The molecule has 1 rings (SSSR count). The number of hydrogen-bond acceptors (Lipinski definition) is 4. The fourth-order valence-electron chi connectivity index (χ4n) is 1.52.